The lowest BCUT2D eigenvalue weighted by Crippen LogP contribution is -2.37. The van der Waals surface area contributed by atoms with E-state index in [4.69, 9.17) is 0 Å². The van der Waals surface area contributed by atoms with Crippen LogP contribution in [0.2, 0.25) is 0 Å². The fourth-order valence-electron chi connectivity index (χ4n) is 2.37. The van der Waals surface area contributed by atoms with Gasteiger partial charge < -0.3 is 5.11 Å². The summed E-state index contributed by atoms with van der Waals surface area (Å²) in [5.41, 5.74) is 2.31. The van der Waals surface area contributed by atoms with Gasteiger partial charge in [-0.1, -0.05) is 13.2 Å². The highest BCUT2D eigenvalue weighted by Crippen LogP contribution is 2.46. The van der Waals surface area contributed by atoms with Gasteiger partial charge in [0.2, 0.25) is 0 Å². The number of hydrogen-bond donors (Lipinski definition) is 1. The summed E-state index contributed by atoms with van der Waals surface area (Å²) >= 11 is 0. The highest BCUT2D eigenvalue weighted by atomic mass is 16.3. The molecule has 0 aliphatic heterocycles. The molecule has 3 fully saturated rings. The highest BCUT2D eigenvalue weighted by Gasteiger charge is 2.39. The lowest BCUT2D eigenvalue weighted by atomic mass is 9.64. The lowest BCUT2D eigenvalue weighted by Gasteiger charge is -2.43. The maximum atomic E-state index is 9.59. The standard InChI is InChI=1S/C10H14O/c1-6-7(2)9-4-3-8(6)5-10(9)11/h8-11H,1-5H2/t8-,9-,10-/m0/s1. The lowest BCUT2D eigenvalue weighted by molar-refractivity contribution is 0.0543. The smallest absolute Gasteiger partial charge is 0.0614 e. The van der Waals surface area contributed by atoms with E-state index in [2.05, 4.69) is 13.2 Å². The second kappa shape index (κ2) is 2.21. The molecule has 0 saturated heterocycles. The number of rotatable bonds is 0. The van der Waals surface area contributed by atoms with Gasteiger partial charge in [-0.25, -0.2) is 0 Å². The molecule has 1 heteroatoms. The summed E-state index contributed by atoms with van der Waals surface area (Å²) < 4.78 is 0. The van der Waals surface area contributed by atoms with Crippen LogP contribution >= 0.6 is 0 Å². The predicted octanol–water partition coefficient (Wildman–Crippen LogP) is 1.89. The van der Waals surface area contributed by atoms with E-state index in [-0.39, 0.29) is 6.10 Å². The molecule has 0 spiro atoms. The van der Waals surface area contributed by atoms with Crippen LogP contribution in [0.15, 0.2) is 24.3 Å². The first-order chi connectivity index (χ1) is 5.20. The molecule has 11 heavy (non-hydrogen) atoms. The van der Waals surface area contributed by atoms with Crippen LogP contribution in [-0.4, -0.2) is 11.2 Å². The van der Waals surface area contributed by atoms with Gasteiger partial charge in [0.15, 0.2) is 0 Å². The van der Waals surface area contributed by atoms with Crippen molar-refractivity contribution in [1.82, 2.24) is 0 Å². The first-order valence-electron chi connectivity index (χ1n) is 4.26. The molecule has 3 rings (SSSR count). The van der Waals surface area contributed by atoms with Gasteiger partial charge in [0, 0.05) is 5.92 Å². The number of aliphatic hydroxyl groups is 1. The zero-order chi connectivity index (χ0) is 8.01. The van der Waals surface area contributed by atoms with Gasteiger partial charge in [0.1, 0.15) is 0 Å². The van der Waals surface area contributed by atoms with Gasteiger partial charge in [-0.05, 0) is 36.3 Å². The Kier molecular flexibility index (Phi) is 1.43. The Hall–Kier alpha value is -0.560. The number of allylic oxidation sites excluding steroid dienone is 1. The molecular weight excluding hydrogens is 136 g/mol. The molecule has 0 amide bonds. The second-order valence-electron chi connectivity index (χ2n) is 3.73. The molecule has 0 unspecified atom stereocenters. The molecule has 3 saturated carbocycles. The van der Waals surface area contributed by atoms with Crippen molar-refractivity contribution in [3.05, 3.63) is 24.3 Å². The van der Waals surface area contributed by atoms with Crippen LogP contribution < -0.4 is 0 Å². The molecule has 3 aliphatic carbocycles. The van der Waals surface area contributed by atoms with Gasteiger partial charge in [-0.15, -0.1) is 0 Å². The maximum absolute atomic E-state index is 9.59. The number of fused-ring (bicyclic) bond motifs is 3. The summed E-state index contributed by atoms with van der Waals surface area (Å²) in [4.78, 5) is 0. The van der Waals surface area contributed by atoms with Crippen LogP contribution in [0.4, 0.5) is 0 Å². The first-order valence-corrected chi connectivity index (χ1v) is 4.26. The van der Waals surface area contributed by atoms with Crippen molar-refractivity contribution in [1.29, 1.82) is 0 Å². The van der Waals surface area contributed by atoms with Crippen molar-refractivity contribution in [2.75, 3.05) is 0 Å². The zero-order valence-corrected chi connectivity index (χ0v) is 6.71. The van der Waals surface area contributed by atoms with Crippen molar-refractivity contribution in [2.45, 2.75) is 25.4 Å². The third-order valence-corrected chi connectivity index (χ3v) is 3.17. The fourth-order valence-corrected chi connectivity index (χ4v) is 2.37. The summed E-state index contributed by atoms with van der Waals surface area (Å²) in [7, 11) is 0. The first kappa shape index (κ1) is 7.11. The molecule has 0 aromatic carbocycles. The number of aliphatic hydroxyl groups excluding tert-OH is 1. The molecule has 3 aliphatic rings. The van der Waals surface area contributed by atoms with Crippen LogP contribution in [-0.2, 0) is 0 Å². The van der Waals surface area contributed by atoms with Gasteiger partial charge in [0.25, 0.3) is 0 Å². The molecule has 0 radical (unpaired) electrons. The summed E-state index contributed by atoms with van der Waals surface area (Å²) in [6.07, 6.45) is 3.11. The van der Waals surface area contributed by atoms with Crippen molar-refractivity contribution >= 4 is 0 Å². The Morgan fingerprint density at radius 3 is 2.36 bits per heavy atom. The van der Waals surface area contributed by atoms with Crippen LogP contribution in [0.1, 0.15) is 19.3 Å². The van der Waals surface area contributed by atoms with E-state index in [0.29, 0.717) is 11.8 Å². The predicted molar refractivity (Wildman–Crippen MR) is 45.1 cm³/mol. The molecule has 0 heterocycles. The van der Waals surface area contributed by atoms with E-state index in [1.807, 2.05) is 0 Å². The summed E-state index contributed by atoms with van der Waals surface area (Å²) in [5.74, 6) is 0.856. The minimum Gasteiger partial charge on any atom is -0.392 e. The van der Waals surface area contributed by atoms with Crippen LogP contribution in [0, 0.1) is 11.8 Å². The largest absolute Gasteiger partial charge is 0.392 e. The topological polar surface area (TPSA) is 20.2 Å². The quantitative estimate of drug-likeness (QED) is 0.559. The van der Waals surface area contributed by atoms with Gasteiger partial charge in [-0.3, -0.25) is 0 Å². The van der Waals surface area contributed by atoms with E-state index >= 15 is 0 Å². The summed E-state index contributed by atoms with van der Waals surface area (Å²) in [5, 5.41) is 9.59. The molecule has 0 aromatic rings. The Labute approximate surface area is 67.4 Å². The fraction of sp³-hybridized carbons (Fsp3) is 0.600. The molecule has 60 valence electrons. The Morgan fingerprint density at radius 2 is 1.91 bits per heavy atom. The van der Waals surface area contributed by atoms with Crippen molar-refractivity contribution in [3.8, 4) is 0 Å². The third kappa shape index (κ3) is 0.875. The van der Waals surface area contributed by atoms with E-state index < -0.39 is 0 Å². The number of hydrogen-bond acceptors (Lipinski definition) is 1. The summed E-state index contributed by atoms with van der Waals surface area (Å²) in [6.45, 7) is 7.97. The SMILES string of the molecule is C=C1C(=C)[C@@H]2CC[C@H]1C[C@@H]2O. The molecule has 1 N–H and O–H groups in total. The van der Waals surface area contributed by atoms with E-state index in [1.54, 1.807) is 0 Å². The van der Waals surface area contributed by atoms with Gasteiger partial charge in [0.05, 0.1) is 6.10 Å². The molecule has 0 aromatic heterocycles. The highest BCUT2D eigenvalue weighted by molar-refractivity contribution is 5.36. The van der Waals surface area contributed by atoms with Crippen molar-refractivity contribution < 1.29 is 5.11 Å². The van der Waals surface area contributed by atoms with E-state index in [9.17, 15) is 5.11 Å². The van der Waals surface area contributed by atoms with Crippen LogP contribution in [0.3, 0.4) is 0 Å². The third-order valence-electron chi connectivity index (χ3n) is 3.17. The Morgan fingerprint density at radius 1 is 1.18 bits per heavy atom. The monoisotopic (exact) mass is 150 g/mol. The van der Waals surface area contributed by atoms with Crippen LogP contribution in [0.5, 0.6) is 0 Å². The zero-order valence-electron chi connectivity index (χ0n) is 6.71. The minimum atomic E-state index is -0.133. The van der Waals surface area contributed by atoms with E-state index in [1.165, 1.54) is 12.0 Å². The normalized spacial score (nSPS) is 43.2. The van der Waals surface area contributed by atoms with Crippen LogP contribution in [0.25, 0.3) is 0 Å². The Balaban J connectivity index is 2.30. The summed E-state index contributed by atoms with van der Waals surface area (Å²) in [6, 6.07) is 0. The molecule has 1 nitrogen and oxygen atoms in total. The average Bonchev–Trinajstić information content (AvgIpc) is 1.99. The van der Waals surface area contributed by atoms with Crippen molar-refractivity contribution in [2.24, 2.45) is 11.8 Å². The van der Waals surface area contributed by atoms with Crippen molar-refractivity contribution in [3.63, 3.8) is 0 Å². The maximum Gasteiger partial charge on any atom is 0.0614 e. The average molecular weight is 150 g/mol. The molecule has 2 bridgehead atoms. The second-order valence-corrected chi connectivity index (χ2v) is 3.73. The van der Waals surface area contributed by atoms with E-state index in [0.717, 1.165) is 18.4 Å². The van der Waals surface area contributed by atoms with Gasteiger partial charge >= 0.3 is 0 Å². The minimum absolute atomic E-state index is 0.133. The molecular formula is C10H14O. The molecule has 3 atom stereocenters. The Bertz CT molecular complexity index is 217. The van der Waals surface area contributed by atoms with Gasteiger partial charge in [-0.2, -0.15) is 0 Å².